The Bertz CT molecular complexity index is 1090. The van der Waals surface area contributed by atoms with Crippen LogP contribution in [0.5, 0.6) is 5.75 Å². The van der Waals surface area contributed by atoms with Crippen LogP contribution in [0.3, 0.4) is 0 Å². The molecule has 152 valence electrons. The number of nitro groups is 1. The molecule has 0 aliphatic heterocycles. The minimum absolute atomic E-state index is 0.0219. The number of hydrogen-bond donors (Lipinski definition) is 1. The zero-order chi connectivity index (χ0) is 21.5. The molecule has 0 atom stereocenters. The van der Waals surface area contributed by atoms with Gasteiger partial charge in [0.25, 0.3) is 0 Å². The first-order valence-electron chi connectivity index (χ1n) is 8.67. The van der Waals surface area contributed by atoms with E-state index in [4.69, 9.17) is 9.47 Å². The lowest BCUT2D eigenvalue weighted by Gasteiger charge is -2.11. The normalized spacial score (nSPS) is 10.2. The number of benzene rings is 3. The van der Waals surface area contributed by atoms with Crippen LogP contribution in [-0.4, -0.2) is 17.0 Å². The average molecular weight is 410 g/mol. The molecular weight excluding hydrogens is 395 g/mol. The molecule has 8 nitrogen and oxygen atoms in total. The summed E-state index contributed by atoms with van der Waals surface area (Å²) in [5.41, 5.74) is -0.0245. The van der Waals surface area contributed by atoms with Gasteiger partial charge in [-0.2, -0.15) is 4.39 Å². The van der Waals surface area contributed by atoms with E-state index < -0.39 is 28.5 Å². The molecule has 0 aromatic heterocycles. The van der Waals surface area contributed by atoms with Crippen LogP contribution in [0.15, 0.2) is 72.8 Å². The Balaban J connectivity index is 1.68. The maximum Gasteiger partial charge on any atom is 0.417 e. The molecule has 0 radical (unpaired) electrons. The van der Waals surface area contributed by atoms with Gasteiger partial charge in [0, 0.05) is 6.07 Å². The number of amides is 1. The molecule has 0 spiro atoms. The summed E-state index contributed by atoms with van der Waals surface area (Å²) in [5.74, 6) is -1.80. The molecular formula is C21H15FN2O6. The molecule has 0 aliphatic rings. The molecule has 0 aliphatic carbocycles. The van der Waals surface area contributed by atoms with E-state index in [1.807, 2.05) is 18.2 Å². The minimum atomic E-state index is -1.04. The van der Waals surface area contributed by atoms with Crippen molar-refractivity contribution in [2.24, 2.45) is 0 Å². The fourth-order valence-electron chi connectivity index (χ4n) is 2.50. The number of nitro benzene ring substituents is 1. The SMILES string of the molecule is O=C(Nc1ccc(F)c([N+](=O)[O-])c1)Oc1ccccc1C(=O)OCc1ccccc1. The van der Waals surface area contributed by atoms with Gasteiger partial charge in [0.2, 0.25) is 5.82 Å². The summed E-state index contributed by atoms with van der Waals surface area (Å²) < 4.78 is 23.8. The minimum Gasteiger partial charge on any atom is -0.457 e. The van der Waals surface area contributed by atoms with Crippen molar-refractivity contribution >= 4 is 23.4 Å². The maximum atomic E-state index is 13.4. The van der Waals surface area contributed by atoms with E-state index in [1.54, 1.807) is 24.3 Å². The fraction of sp³-hybridized carbons (Fsp3) is 0.0476. The number of esters is 1. The quantitative estimate of drug-likeness (QED) is 0.358. The summed E-state index contributed by atoms with van der Waals surface area (Å²) >= 11 is 0. The second-order valence-corrected chi connectivity index (χ2v) is 6.00. The Hall–Kier alpha value is -4.27. The number of rotatable bonds is 6. The number of nitrogens with zero attached hydrogens (tertiary/aromatic N) is 1. The molecule has 0 saturated carbocycles. The van der Waals surface area contributed by atoms with Gasteiger partial charge in [-0.05, 0) is 29.8 Å². The third-order valence-electron chi connectivity index (χ3n) is 3.91. The Morgan fingerprint density at radius 3 is 2.43 bits per heavy atom. The van der Waals surface area contributed by atoms with Crippen LogP contribution in [0, 0.1) is 15.9 Å². The molecule has 3 aromatic carbocycles. The number of carbonyl (C=O) groups is 2. The monoisotopic (exact) mass is 410 g/mol. The van der Waals surface area contributed by atoms with Gasteiger partial charge in [-0.15, -0.1) is 0 Å². The smallest absolute Gasteiger partial charge is 0.417 e. The molecule has 9 heteroatoms. The van der Waals surface area contributed by atoms with Gasteiger partial charge in [-0.1, -0.05) is 42.5 Å². The van der Waals surface area contributed by atoms with Gasteiger partial charge >= 0.3 is 17.7 Å². The highest BCUT2D eigenvalue weighted by Crippen LogP contribution is 2.23. The van der Waals surface area contributed by atoms with Crippen LogP contribution in [-0.2, 0) is 11.3 Å². The third kappa shape index (κ3) is 5.16. The summed E-state index contributed by atoms with van der Waals surface area (Å²) in [5, 5.41) is 13.1. The van der Waals surface area contributed by atoms with Crippen LogP contribution in [0.4, 0.5) is 20.6 Å². The van der Waals surface area contributed by atoms with Crippen LogP contribution in [0.25, 0.3) is 0 Å². The molecule has 30 heavy (non-hydrogen) atoms. The largest absolute Gasteiger partial charge is 0.457 e. The van der Waals surface area contributed by atoms with Gasteiger partial charge in [-0.25, -0.2) is 9.59 Å². The predicted octanol–water partition coefficient (Wildman–Crippen LogP) is 4.70. The van der Waals surface area contributed by atoms with Gasteiger partial charge in [0.05, 0.1) is 10.6 Å². The van der Waals surface area contributed by atoms with E-state index in [-0.39, 0.29) is 23.6 Å². The summed E-state index contributed by atoms with van der Waals surface area (Å²) in [6, 6.07) is 17.9. The summed E-state index contributed by atoms with van der Waals surface area (Å²) in [7, 11) is 0. The second kappa shape index (κ2) is 9.28. The summed E-state index contributed by atoms with van der Waals surface area (Å²) in [6.07, 6.45) is -1.01. The molecule has 0 bridgehead atoms. The first kappa shape index (κ1) is 20.5. The zero-order valence-electron chi connectivity index (χ0n) is 15.4. The van der Waals surface area contributed by atoms with Crippen molar-refractivity contribution in [1.29, 1.82) is 0 Å². The van der Waals surface area contributed by atoms with Crippen molar-refractivity contribution in [2.45, 2.75) is 6.61 Å². The molecule has 0 fully saturated rings. The molecule has 3 aromatic rings. The van der Waals surface area contributed by atoms with Crippen molar-refractivity contribution in [3.8, 4) is 5.75 Å². The lowest BCUT2D eigenvalue weighted by Crippen LogP contribution is -2.19. The molecule has 3 rings (SSSR count). The van der Waals surface area contributed by atoms with Crippen molar-refractivity contribution in [3.05, 3.63) is 99.9 Å². The highest BCUT2D eigenvalue weighted by atomic mass is 19.1. The van der Waals surface area contributed by atoms with E-state index in [0.29, 0.717) is 0 Å². The first-order valence-corrected chi connectivity index (χ1v) is 8.67. The molecule has 1 N–H and O–H groups in total. The van der Waals surface area contributed by atoms with E-state index in [0.717, 1.165) is 23.8 Å². The molecule has 0 saturated heterocycles. The number of ether oxygens (including phenoxy) is 2. The third-order valence-corrected chi connectivity index (χ3v) is 3.91. The van der Waals surface area contributed by atoms with Gasteiger partial charge < -0.3 is 9.47 Å². The van der Waals surface area contributed by atoms with Crippen molar-refractivity contribution in [3.63, 3.8) is 0 Å². The highest BCUT2D eigenvalue weighted by molar-refractivity contribution is 5.94. The lowest BCUT2D eigenvalue weighted by atomic mass is 10.2. The van der Waals surface area contributed by atoms with Crippen molar-refractivity contribution in [1.82, 2.24) is 0 Å². The zero-order valence-corrected chi connectivity index (χ0v) is 15.4. The molecule has 1 amide bonds. The van der Waals surface area contributed by atoms with Gasteiger partial charge in [0.1, 0.15) is 17.9 Å². The fourth-order valence-corrected chi connectivity index (χ4v) is 2.50. The predicted molar refractivity (Wildman–Crippen MR) is 105 cm³/mol. The number of halogens is 1. The average Bonchev–Trinajstić information content (AvgIpc) is 2.74. The van der Waals surface area contributed by atoms with Crippen molar-refractivity contribution in [2.75, 3.05) is 5.32 Å². The van der Waals surface area contributed by atoms with Crippen LogP contribution in [0.1, 0.15) is 15.9 Å². The molecule has 0 unspecified atom stereocenters. The number of hydrogen-bond acceptors (Lipinski definition) is 6. The van der Waals surface area contributed by atoms with E-state index in [9.17, 15) is 24.1 Å². The van der Waals surface area contributed by atoms with Crippen LogP contribution < -0.4 is 10.1 Å². The van der Waals surface area contributed by atoms with E-state index in [2.05, 4.69) is 5.32 Å². The summed E-state index contributed by atoms with van der Waals surface area (Å²) in [4.78, 5) is 34.4. The first-order chi connectivity index (χ1) is 14.4. The van der Waals surface area contributed by atoms with Crippen LogP contribution in [0.2, 0.25) is 0 Å². The topological polar surface area (TPSA) is 108 Å². The summed E-state index contributed by atoms with van der Waals surface area (Å²) in [6.45, 7) is 0.0411. The highest BCUT2D eigenvalue weighted by Gasteiger charge is 2.18. The standard InChI is InChI=1S/C21H15FN2O6/c22-17-11-10-15(12-18(17)24(27)28)23-21(26)30-19-9-5-4-8-16(19)20(25)29-13-14-6-2-1-3-7-14/h1-12H,13H2,(H,23,26). The lowest BCUT2D eigenvalue weighted by molar-refractivity contribution is -0.387. The Morgan fingerprint density at radius 2 is 1.70 bits per heavy atom. The second-order valence-electron chi connectivity index (χ2n) is 6.00. The van der Waals surface area contributed by atoms with E-state index >= 15 is 0 Å². The molecule has 0 heterocycles. The van der Waals surface area contributed by atoms with E-state index in [1.165, 1.54) is 12.1 Å². The number of anilines is 1. The van der Waals surface area contributed by atoms with Crippen molar-refractivity contribution < 1.29 is 28.4 Å². The van der Waals surface area contributed by atoms with Crippen LogP contribution >= 0.6 is 0 Å². The maximum absolute atomic E-state index is 13.4. The van der Waals surface area contributed by atoms with Gasteiger partial charge in [-0.3, -0.25) is 15.4 Å². The Labute approximate surface area is 170 Å². The number of carbonyl (C=O) groups excluding carboxylic acids is 2. The number of nitrogens with one attached hydrogen (secondary N) is 1. The Morgan fingerprint density at radius 1 is 1.00 bits per heavy atom. The van der Waals surface area contributed by atoms with Gasteiger partial charge in [0.15, 0.2) is 0 Å². The Kier molecular flexibility index (Phi) is 6.33. The number of para-hydroxylation sites is 1.